The maximum absolute atomic E-state index is 5.45. The largest absolute Gasteiger partial charge is 0.379 e. The van der Waals surface area contributed by atoms with Crippen LogP contribution in [0.15, 0.2) is 0 Å². The zero-order valence-electron chi connectivity index (χ0n) is 8.23. The predicted molar refractivity (Wildman–Crippen MR) is 45.8 cm³/mol. The summed E-state index contributed by atoms with van der Waals surface area (Å²) in [6, 6.07) is 0. The molecule has 0 bridgehead atoms. The van der Waals surface area contributed by atoms with Crippen molar-refractivity contribution in [1.82, 2.24) is 0 Å². The topological polar surface area (TPSA) is 62.9 Å². The number of hydrogen-bond donors (Lipinski definition) is 1. The fourth-order valence-corrected chi connectivity index (χ4v) is 1.53. The van der Waals surface area contributed by atoms with Crippen LogP contribution in [0, 0.1) is 0 Å². The van der Waals surface area contributed by atoms with E-state index >= 15 is 0 Å². The van der Waals surface area contributed by atoms with Crippen LogP contribution in [0.4, 0.5) is 0 Å². The van der Waals surface area contributed by atoms with Gasteiger partial charge in [-0.1, -0.05) is 0 Å². The molecule has 0 aromatic heterocycles. The SMILES string of the molecule is CO[C@@H]1C[C@@H](OC)[C@H](C)O[C@H]1ON. The average molecular weight is 191 g/mol. The molecule has 4 atom stereocenters. The van der Waals surface area contributed by atoms with Crippen LogP contribution in [0.5, 0.6) is 0 Å². The van der Waals surface area contributed by atoms with Crippen LogP contribution < -0.4 is 5.90 Å². The van der Waals surface area contributed by atoms with E-state index in [2.05, 4.69) is 4.84 Å². The molecule has 5 nitrogen and oxygen atoms in total. The second kappa shape index (κ2) is 4.88. The molecule has 2 N–H and O–H groups in total. The lowest BCUT2D eigenvalue weighted by molar-refractivity contribution is -0.271. The van der Waals surface area contributed by atoms with Crippen LogP contribution in [0.3, 0.4) is 0 Å². The summed E-state index contributed by atoms with van der Waals surface area (Å²) in [7, 11) is 3.25. The molecule has 0 aromatic carbocycles. The Balaban J connectivity index is 2.54. The Bertz CT molecular complexity index is 155. The lowest BCUT2D eigenvalue weighted by atomic mass is 10.0. The number of methoxy groups -OCH3 is 2. The molecule has 0 aromatic rings. The van der Waals surface area contributed by atoms with E-state index in [4.69, 9.17) is 20.1 Å². The minimum atomic E-state index is -0.494. The second-order valence-electron chi connectivity index (χ2n) is 3.13. The van der Waals surface area contributed by atoms with Crippen LogP contribution in [-0.2, 0) is 19.0 Å². The van der Waals surface area contributed by atoms with Gasteiger partial charge in [-0.15, -0.1) is 0 Å². The molecule has 1 fully saturated rings. The Hall–Kier alpha value is -0.200. The highest BCUT2D eigenvalue weighted by Gasteiger charge is 2.36. The fraction of sp³-hybridized carbons (Fsp3) is 1.00. The van der Waals surface area contributed by atoms with Gasteiger partial charge >= 0.3 is 0 Å². The highest BCUT2D eigenvalue weighted by molar-refractivity contribution is 4.80. The molecule has 0 spiro atoms. The molecule has 1 saturated heterocycles. The fourth-order valence-electron chi connectivity index (χ4n) is 1.53. The summed E-state index contributed by atoms with van der Waals surface area (Å²) in [6.07, 6.45) is 0.0922. The van der Waals surface area contributed by atoms with Crippen molar-refractivity contribution in [2.24, 2.45) is 5.90 Å². The van der Waals surface area contributed by atoms with Gasteiger partial charge in [0.25, 0.3) is 0 Å². The zero-order chi connectivity index (χ0) is 9.84. The van der Waals surface area contributed by atoms with Gasteiger partial charge in [-0.25, -0.2) is 5.90 Å². The normalized spacial score (nSPS) is 40.6. The van der Waals surface area contributed by atoms with E-state index in [1.807, 2.05) is 6.92 Å². The smallest absolute Gasteiger partial charge is 0.203 e. The minimum absolute atomic E-state index is 0.0232. The van der Waals surface area contributed by atoms with Crippen LogP contribution >= 0.6 is 0 Å². The first-order valence-electron chi connectivity index (χ1n) is 4.29. The molecular weight excluding hydrogens is 174 g/mol. The molecule has 13 heavy (non-hydrogen) atoms. The highest BCUT2D eigenvalue weighted by Crippen LogP contribution is 2.23. The van der Waals surface area contributed by atoms with Gasteiger partial charge in [0.15, 0.2) is 0 Å². The van der Waals surface area contributed by atoms with Crippen LogP contribution in [0.1, 0.15) is 13.3 Å². The van der Waals surface area contributed by atoms with E-state index in [-0.39, 0.29) is 18.3 Å². The zero-order valence-corrected chi connectivity index (χ0v) is 8.23. The highest BCUT2D eigenvalue weighted by atomic mass is 16.8. The Morgan fingerprint density at radius 1 is 1.23 bits per heavy atom. The van der Waals surface area contributed by atoms with Crippen LogP contribution in [0.2, 0.25) is 0 Å². The number of hydrogen-bond acceptors (Lipinski definition) is 5. The molecule has 78 valence electrons. The molecule has 0 saturated carbocycles. The third kappa shape index (κ3) is 2.38. The Kier molecular flexibility index (Phi) is 4.08. The molecule has 0 amide bonds. The van der Waals surface area contributed by atoms with Gasteiger partial charge in [0, 0.05) is 20.6 Å². The molecule has 0 radical (unpaired) electrons. The third-order valence-electron chi connectivity index (χ3n) is 2.38. The molecule has 0 aliphatic carbocycles. The molecule has 0 unspecified atom stereocenters. The van der Waals surface area contributed by atoms with Crippen molar-refractivity contribution >= 4 is 0 Å². The van der Waals surface area contributed by atoms with Crippen molar-refractivity contribution < 1.29 is 19.0 Å². The molecule has 1 aliphatic heterocycles. The quantitative estimate of drug-likeness (QED) is 0.638. The van der Waals surface area contributed by atoms with E-state index in [0.29, 0.717) is 0 Å². The molecule has 5 heteroatoms. The van der Waals surface area contributed by atoms with E-state index < -0.39 is 6.29 Å². The van der Waals surface area contributed by atoms with Crippen molar-refractivity contribution in [2.75, 3.05) is 14.2 Å². The lowest BCUT2D eigenvalue weighted by Gasteiger charge is -2.37. The van der Waals surface area contributed by atoms with Gasteiger partial charge in [0.05, 0.1) is 12.2 Å². The van der Waals surface area contributed by atoms with E-state index in [1.165, 1.54) is 0 Å². The molecule has 1 heterocycles. The Morgan fingerprint density at radius 3 is 2.31 bits per heavy atom. The summed E-state index contributed by atoms with van der Waals surface area (Å²) >= 11 is 0. The first-order valence-corrected chi connectivity index (χ1v) is 4.29. The first kappa shape index (κ1) is 10.9. The lowest BCUT2D eigenvalue weighted by Crippen LogP contribution is -2.49. The van der Waals surface area contributed by atoms with Crippen molar-refractivity contribution in [3.05, 3.63) is 0 Å². The summed E-state index contributed by atoms with van der Waals surface area (Å²) in [5.74, 6) is 5.07. The van der Waals surface area contributed by atoms with Gasteiger partial charge in [-0.05, 0) is 6.92 Å². The van der Waals surface area contributed by atoms with E-state index in [9.17, 15) is 0 Å². The molecular formula is C8H17NO4. The summed E-state index contributed by atoms with van der Waals surface area (Å²) in [4.78, 5) is 4.66. The van der Waals surface area contributed by atoms with Gasteiger partial charge in [0.1, 0.15) is 6.10 Å². The summed E-state index contributed by atoms with van der Waals surface area (Å²) < 4.78 is 15.8. The van der Waals surface area contributed by atoms with Gasteiger partial charge in [-0.3, -0.25) is 4.84 Å². The third-order valence-corrected chi connectivity index (χ3v) is 2.38. The standard InChI is InChI=1S/C8H17NO4/c1-5-6(10-2)4-7(11-3)8(12-5)13-9/h5-8H,4,9H2,1-3H3/t5-,6+,7+,8-/m0/s1. The number of ether oxygens (including phenoxy) is 3. The van der Waals surface area contributed by atoms with Gasteiger partial charge < -0.3 is 14.2 Å². The molecule has 1 aliphatic rings. The second-order valence-corrected chi connectivity index (χ2v) is 3.13. The van der Waals surface area contributed by atoms with Crippen LogP contribution in [0.25, 0.3) is 0 Å². The monoisotopic (exact) mass is 191 g/mol. The maximum Gasteiger partial charge on any atom is 0.203 e. The van der Waals surface area contributed by atoms with E-state index in [1.54, 1.807) is 14.2 Å². The Labute approximate surface area is 78.0 Å². The number of rotatable bonds is 3. The van der Waals surface area contributed by atoms with Crippen molar-refractivity contribution in [3.63, 3.8) is 0 Å². The minimum Gasteiger partial charge on any atom is -0.379 e. The van der Waals surface area contributed by atoms with Crippen LogP contribution in [-0.4, -0.2) is 38.8 Å². The summed E-state index contributed by atoms with van der Waals surface area (Å²) in [5.41, 5.74) is 0. The van der Waals surface area contributed by atoms with E-state index in [0.717, 1.165) is 6.42 Å². The van der Waals surface area contributed by atoms with Gasteiger partial charge in [0.2, 0.25) is 6.29 Å². The first-order chi connectivity index (χ1) is 6.22. The molecule has 1 rings (SSSR count). The average Bonchev–Trinajstić information content (AvgIpc) is 2.17. The van der Waals surface area contributed by atoms with Crippen molar-refractivity contribution in [1.29, 1.82) is 0 Å². The number of nitrogens with two attached hydrogens (primary N) is 1. The summed E-state index contributed by atoms with van der Waals surface area (Å²) in [5, 5.41) is 0. The predicted octanol–water partition coefficient (Wildman–Crippen LogP) is 0.0416. The van der Waals surface area contributed by atoms with Gasteiger partial charge in [-0.2, -0.15) is 0 Å². The summed E-state index contributed by atoms with van der Waals surface area (Å²) in [6.45, 7) is 1.92. The Morgan fingerprint density at radius 2 is 1.85 bits per heavy atom. The van der Waals surface area contributed by atoms with Crippen molar-refractivity contribution in [3.8, 4) is 0 Å². The van der Waals surface area contributed by atoms with Crippen molar-refractivity contribution in [2.45, 2.75) is 37.9 Å². The maximum atomic E-state index is 5.45.